The molecule has 2 aromatic rings. The lowest BCUT2D eigenvalue weighted by Gasteiger charge is -2.22. The van der Waals surface area contributed by atoms with E-state index >= 15 is 0 Å². The van der Waals surface area contributed by atoms with Crippen molar-refractivity contribution in [1.29, 1.82) is 0 Å². The number of sulfonamides is 1. The second-order valence-electron chi connectivity index (χ2n) is 5.20. The standard InChI is InChI=1S/C17H18N2O6S/c1-24-16(20)12-19(11-13-6-4-3-5-7-13)26(22,23)15-10-18-9-8-14(15)17(21)25-2/h3-10H,11-12H2,1-2H3. The number of nitrogens with zero attached hydrogens (tertiary/aromatic N) is 2. The molecule has 0 N–H and O–H groups in total. The fourth-order valence-corrected chi connectivity index (χ4v) is 3.72. The number of pyridine rings is 1. The minimum atomic E-state index is -4.22. The summed E-state index contributed by atoms with van der Waals surface area (Å²) in [6, 6.07) is 10.00. The van der Waals surface area contributed by atoms with Gasteiger partial charge in [0.25, 0.3) is 0 Å². The zero-order valence-corrected chi connectivity index (χ0v) is 15.1. The number of carbonyl (C=O) groups is 2. The number of carbonyl (C=O) groups excluding carboxylic acids is 2. The van der Waals surface area contributed by atoms with Crippen LogP contribution in [0.2, 0.25) is 0 Å². The Hall–Kier alpha value is -2.78. The summed E-state index contributed by atoms with van der Waals surface area (Å²) in [5, 5.41) is 0. The minimum absolute atomic E-state index is 0.0756. The topological polar surface area (TPSA) is 103 Å². The Morgan fingerprint density at radius 1 is 1.08 bits per heavy atom. The van der Waals surface area contributed by atoms with Crippen molar-refractivity contribution in [2.75, 3.05) is 20.8 Å². The Kier molecular flexibility index (Phi) is 6.42. The molecule has 0 atom stereocenters. The first kappa shape index (κ1) is 19.5. The molecular weight excluding hydrogens is 360 g/mol. The molecule has 1 heterocycles. The van der Waals surface area contributed by atoms with Crippen LogP contribution in [0.5, 0.6) is 0 Å². The Morgan fingerprint density at radius 2 is 1.77 bits per heavy atom. The monoisotopic (exact) mass is 378 g/mol. The van der Waals surface area contributed by atoms with E-state index in [0.29, 0.717) is 5.56 Å². The number of methoxy groups -OCH3 is 2. The van der Waals surface area contributed by atoms with Crippen LogP contribution in [0.1, 0.15) is 15.9 Å². The lowest BCUT2D eigenvalue weighted by Crippen LogP contribution is -2.36. The van der Waals surface area contributed by atoms with Gasteiger partial charge in [-0.25, -0.2) is 13.2 Å². The Bertz CT molecular complexity index is 883. The summed E-state index contributed by atoms with van der Waals surface area (Å²) >= 11 is 0. The predicted molar refractivity (Wildman–Crippen MR) is 91.6 cm³/mol. The van der Waals surface area contributed by atoms with Crippen molar-refractivity contribution in [3.05, 3.63) is 59.9 Å². The zero-order valence-electron chi connectivity index (χ0n) is 14.3. The van der Waals surface area contributed by atoms with E-state index in [1.165, 1.54) is 19.4 Å². The molecule has 138 valence electrons. The minimum Gasteiger partial charge on any atom is -0.468 e. The molecular formula is C17H18N2O6S. The maximum Gasteiger partial charge on any atom is 0.339 e. The molecule has 1 aromatic carbocycles. The maximum absolute atomic E-state index is 13.1. The van der Waals surface area contributed by atoms with Crippen molar-refractivity contribution in [3.8, 4) is 0 Å². The number of benzene rings is 1. The zero-order chi connectivity index (χ0) is 19.2. The number of esters is 2. The van der Waals surface area contributed by atoms with Gasteiger partial charge in [-0.05, 0) is 11.6 Å². The molecule has 0 radical (unpaired) electrons. The fraction of sp³-hybridized carbons (Fsp3) is 0.235. The summed E-state index contributed by atoms with van der Waals surface area (Å²) < 4.78 is 36.4. The van der Waals surface area contributed by atoms with Crippen LogP contribution >= 0.6 is 0 Å². The molecule has 0 unspecified atom stereocenters. The third-order valence-electron chi connectivity index (χ3n) is 3.54. The normalized spacial score (nSPS) is 11.2. The smallest absolute Gasteiger partial charge is 0.339 e. The second-order valence-corrected chi connectivity index (χ2v) is 7.10. The second kappa shape index (κ2) is 8.54. The molecule has 0 saturated heterocycles. The van der Waals surface area contributed by atoms with Gasteiger partial charge in [0.1, 0.15) is 11.4 Å². The third kappa shape index (κ3) is 4.44. The summed E-state index contributed by atoms with van der Waals surface area (Å²) in [6.45, 7) is -0.586. The SMILES string of the molecule is COC(=O)CN(Cc1ccccc1)S(=O)(=O)c1cnccc1C(=O)OC. The predicted octanol–water partition coefficient (Wildman–Crippen LogP) is 1.23. The molecule has 0 fully saturated rings. The highest BCUT2D eigenvalue weighted by atomic mass is 32.2. The number of aromatic nitrogens is 1. The lowest BCUT2D eigenvalue weighted by atomic mass is 10.2. The molecule has 0 aliphatic heterocycles. The molecule has 0 bridgehead atoms. The maximum atomic E-state index is 13.1. The highest BCUT2D eigenvalue weighted by Gasteiger charge is 2.31. The molecule has 0 saturated carbocycles. The highest BCUT2D eigenvalue weighted by molar-refractivity contribution is 7.89. The summed E-state index contributed by atoms with van der Waals surface area (Å²) in [5.41, 5.74) is 0.508. The van der Waals surface area contributed by atoms with E-state index in [1.54, 1.807) is 30.3 Å². The molecule has 0 amide bonds. The van der Waals surface area contributed by atoms with Crippen LogP contribution in [-0.2, 0) is 30.8 Å². The van der Waals surface area contributed by atoms with Crippen LogP contribution in [-0.4, -0.2) is 50.4 Å². The molecule has 0 aliphatic rings. The van der Waals surface area contributed by atoms with Gasteiger partial charge in [0, 0.05) is 18.9 Å². The van der Waals surface area contributed by atoms with Gasteiger partial charge in [0.2, 0.25) is 10.0 Å². The van der Waals surface area contributed by atoms with Gasteiger partial charge in [0.15, 0.2) is 0 Å². The third-order valence-corrected chi connectivity index (χ3v) is 5.36. The number of hydrogen-bond acceptors (Lipinski definition) is 7. The van der Waals surface area contributed by atoms with E-state index in [1.807, 2.05) is 0 Å². The van der Waals surface area contributed by atoms with Crippen molar-refractivity contribution < 1.29 is 27.5 Å². The first-order valence-corrected chi connectivity index (χ1v) is 8.97. The van der Waals surface area contributed by atoms with Gasteiger partial charge in [-0.2, -0.15) is 4.31 Å². The Balaban J connectivity index is 2.49. The van der Waals surface area contributed by atoms with Crippen LogP contribution in [0.25, 0.3) is 0 Å². The van der Waals surface area contributed by atoms with Crippen LogP contribution < -0.4 is 0 Å². The van der Waals surface area contributed by atoms with Crippen molar-refractivity contribution in [3.63, 3.8) is 0 Å². The summed E-state index contributed by atoms with van der Waals surface area (Å²) in [5.74, 6) is -1.54. The Morgan fingerprint density at radius 3 is 2.38 bits per heavy atom. The first-order chi connectivity index (χ1) is 12.4. The van der Waals surface area contributed by atoms with Crippen molar-refractivity contribution in [2.24, 2.45) is 0 Å². The molecule has 2 rings (SSSR count). The average Bonchev–Trinajstić information content (AvgIpc) is 2.67. The van der Waals surface area contributed by atoms with Crippen molar-refractivity contribution in [1.82, 2.24) is 9.29 Å². The van der Waals surface area contributed by atoms with Gasteiger partial charge in [0.05, 0.1) is 19.8 Å². The van der Waals surface area contributed by atoms with Gasteiger partial charge in [-0.15, -0.1) is 0 Å². The van der Waals surface area contributed by atoms with Crippen LogP contribution in [0.4, 0.5) is 0 Å². The van der Waals surface area contributed by atoms with Crippen LogP contribution in [0, 0.1) is 0 Å². The number of hydrogen-bond donors (Lipinski definition) is 0. The molecule has 0 aliphatic carbocycles. The first-order valence-electron chi connectivity index (χ1n) is 7.53. The summed E-state index contributed by atoms with van der Waals surface area (Å²) in [7, 11) is -1.91. The van der Waals surface area contributed by atoms with E-state index in [9.17, 15) is 18.0 Å². The van der Waals surface area contributed by atoms with Gasteiger partial charge < -0.3 is 9.47 Å². The van der Waals surface area contributed by atoms with E-state index < -0.39 is 28.5 Å². The van der Waals surface area contributed by atoms with Crippen LogP contribution in [0.15, 0.2) is 53.7 Å². The molecule has 0 spiro atoms. The van der Waals surface area contributed by atoms with Gasteiger partial charge in [-0.1, -0.05) is 30.3 Å². The molecule has 8 nitrogen and oxygen atoms in total. The largest absolute Gasteiger partial charge is 0.468 e. The highest BCUT2D eigenvalue weighted by Crippen LogP contribution is 2.22. The van der Waals surface area contributed by atoms with Gasteiger partial charge >= 0.3 is 11.9 Å². The van der Waals surface area contributed by atoms with E-state index in [4.69, 9.17) is 0 Å². The summed E-state index contributed by atoms with van der Waals surface area (Å²) in [4.78, 5) is 27.1. The quantitative estimate of drug-likeness (QED) is 0.668. The van der Waals surface area contributed by atoms with Crippen molar-refractivity contribution in [2.45, 2.75) is 11.4 Å². The van der Waals surface area contributed by atoms with Crippen molar-refractivity contribution >= 4 is 22.0 Å². The Labute approximate surface area is 151 Å². The molecule has 26 heavy (non-hydrogen) atoms. The van der Waals surface area contributed by atoms with Crippen LogP contribution in [0.3, 0.4) is 0 Å². The van der Waals surface area contributed by atoms with Gasteiger partial charge in [-0.3, -0.25) is 9.78 Å². The molecule has 9 heteroatoms. The lowest BCUT2D eigenvalue weighted by molar-refractivity contribution is -0.140. The fourth-order valence-electron chi connectivity index (χ4n) is 2.22. The molecule has 1 aromatic heterocycles. The average molecular weight is 378 g/mol. The summed E-state index contributed by atoms with van der Waals surface area (Å²) in [6.07, 6.45) is 2.34. The van der Waals surface area contributed by atoms with E-state index in [-0.39, 0.29) is 17.0 Å². The number of rotatable bonds is 7. The van der Waals surface area contributed by atoms with E-state index in [0.717, 1.165) is 17.6 Å². The van der Waals surface area contributed by atoms with E-state index in [2.05, 4.69) is 14.5 Å². The number of ether oxygens (including phenoxy) is 2.